The lowest BCUT2D eigenvalue weighted by Gasteiger charge is -2.47. The Balaban J connectivity index is 0.000000755. The minimum absolute atomic E-state index is 0.109. The smallest absolute Gasteiger partial charge is 0.290 e. The number of ether oxygens (including phenoxy) is 1. The van der Waals surface area contributed by atoms with Gasteiger partial charge in [-0.1, -0.05) is 0 Å². The lowest BCUT2D eigenvalue weighted by Crippen LogP contribution is -2.57. The Hall–Kier alpha value is -2.23. The van der Waals surface area contributed by atoms with E-state index in [0.29, 0.717) is 0 Å². The number of hydrogen-bond donors (Lipinski definition) is 1. The van der Waals surface area contributed by atoms with Crippen LogP contribution in [-0.4, -0.2) is 75.2 Å². The van der Waals surface area contributed by atoms with E-state index in [9.17, 15) is 4.79 Å². The fourth-order valence-electron chi connectivity index (χ4n) is 4.00. The van der Waals surface area contributed by atoms with Gasteiger partial charge in [0.25, 0.3) is 12.4 Å². The van der Waals surface area contributed by atoms with E-state index in [0.717, 1.165) is 63.6 Å². The summed E-state index contributed by atoms with van der Waals surface area (Å²) >= 11 is 1.73. The molecule has 0 aromatic carbocycles. The van der Waals surface area contributed by atoms with Crippen LogP contribution < -0.4 is 0 Å². The van der Waals surface area contributed by atoms with Crippen molar-refractivity contribution in [2.45, 2.75) is 31.9 Å². The van der Waals surface area contributed by atoms with Crippen LogP contribution in [0.4, 0.5) is 0 Å². The molecule has 2 saturated heterocycles. The summed E-state index contributed by atoms with van der Waals surface area (Å²) in [6.45, 7) is 6.98. The van der Waals surface area contributed by atoms with Crippen molar-refractivity contribution in [3.05, 3.63) is 40.1 Å². The number of likely N-dealkylation sites (tertiary alicyclic amines) is 1. The van der Waals surface area contributed by atoms with E-state index in [1.807, 2.05) is 40.4 Å². The Labute approximate surface area is 174 Å². The van der Waals surface area contributed by atoms with Gasteiger partial charge in [-0.3, -0.25) is 14.5 Å². The standard InChI is InChI=1S/C19H26N4O2S.CH2O2/c1-15-17(26-14-20-15)12-22-10-11-25-19(13-22)5-8-23(9-6-19)18(24)16-4-3-7-21(16)2;2-1-3/h3-4,7,14H,5-6,8-13H2,1-2H3;1H,(H,2,3). The van der Waals surface area contributed by atoms with Crippen LogP contribution in [0.1, 0.15) is 33.9 Å². The largest absolute Gasteiger partial charge is 0.483 e. The molecule has 0 radical (unpaired) electrons. The number of aromatic nitrogens is 2. The zero-order valence-corrected chi connectivity index (χ0v) is 17.7. The van der Waals surface area contributed by atoms with E-state index in [1.54, 1.807) is 11.3 Å². The van der Waals surface area contributed by atoms with Gasteiger partial charge in [-0.2, -0.15) is 0 Å². The van der Waals surface area contributed by atoms with Gasteiger partial charge in [0.15, 0.2) is 0 Å². The minimum Gasteiger partial charge on any atom is -0.483 e. The molecule has 1 spiro atoms. The van der Waals surface area contributed by atoms with Crippen LogP contribution in [0.25, 0.3) is 0 Å². The molecule has 0 atom stereocenters. The minimum atomic E-state index is -0.250. The van der Waals surface area contributed by atoms with Crippen LogP contribution in [0, 0.1) is 6.92 Å². The second kappa shape index (κ2) is 9.51. The fraction of sp³-hybridized carbons (Fsp3) is 0.550. The summed E-state index contributed by atoms with van der Waals surface area (Å²) < 4.78 is 8.12. The van der Waals surface area contributed by atoms with Gasteiger partial charge >= 0.3 is 0 Å². The van der Waals surface area contributed by atoms with Crippen molar-refractivity contribution in [3.8, 4) is 0 Å². The number of nitrogens with zero attached hydrogens (tertiary/aromatic N) is 4. The van der Waals surface area contributed by atoms with E-state index in [-0.39, 0.29) is 18.0 Å². The molecule has 158 valence electrons. The van der Waals surface area contributed by atoms with Crippen LogP contribution in [0.2, 0.25) is 0 Å². The summed E-state index contributed by atoms with van der Waals surface area (Å²) in [6.07, 6.45) is 3.73. The molecular weight excluding hydrogens is 392 g/mol. The number of carbonyl (C=O) groups excluding carboxylic acids is 1. The molecule has 2 aromatic rings. The first kappa shape index (κ1) is 21.5. The lowest BCUT2D eigenvalue weighted by atomic mass is 9.89. The highest BCUT2D eigenvalue weighted by molar-refractivity contribution is 7.09. The molecule has 8 nitrogen and oxygen atoms in total. The van der Waals surface area contributed by atoms with Gasteiger partial charge < -0.3 is 19.3 Å². The Morgan fingerprint density at radius 1 is 1.38 bits per heavy atom. The van der Waals surface area contributed by atoms with Crippen molar-refractivity contribution < 1.29 is 19.4 Å². The number of hydrogen-bond acceptors (Lipinski definition) is 6. The van der Waals surface area contributed by atoms with Crippen LogP contribution in [0.15, 0.2) is 23.8 Å². The summed E-state index contributed by atoms with van der Waals surface area (Å²) in [7, 11) is 1.92. The van der Waals surface area contributed by atoms with E-state index in [4.69, 9.17) is 14.6 Å². The van der Waals surface area contributed by atoms with Gasteiger partial charge in [-0.25, -0.2) is 4.98 Å². The van der Waals surface area contributed by atoms with Crippen molar-refractivity contribution >= 4 is 23.7 Å². The topological polar surface area (TPSA) is 87.9 Å². The van der Waals surface area contributed by atoms with Gasteiger partial charge in [-0.05, 0) is 31.9 Å². The third-order valence-corrected chi connectivity index (χ3v) is 6.58. The Morgan fingerprint density at radius 3 is 2.69 bits per heavy atom. The SMILES string of the molecule is Cc1ncsc1CN1CCOC2(CCN(C(=O)c3cccn3C)CC2)C1.O=CO. The molecule has 0 bridgehead atoms. The highest BCUT2D eigenvalue weighted by Gasteiger charge is 2.41. The van der Waals surface area contributed by atoms with Crippen LogP contribution in [-0.2, 0) is 23.1 Å². The first-order chi connectivity index (χ1) is 14.0. The van der Waals surface area contributed by atoms with Gasteiger partial charge in [0.05, 0.1) is 23.4 Å². The van der Waals surface area contributed by atoms with Gasteiger partial charge in [0, 0.05) is 50.8 Å². The molecule has 0 aliphatic carbocycles. The molecule has 0 saturated carbocycles. The fourth-order valence-corrected chi connectivity index (χ4v) is 4.82. The normalized spacial score (nSPS) is 18.9. The zero-order valence-electron chi connectivity index (χ0n) is 16.9. The maximum Gasteiger partial charge on any atom is 0.290 e. The second-order valence-corrected chi connectivity index (χ2v) is 8.44. The monoisotopic (exact) mass is 420 g/mol. The number of carboxylic acid groups (broad SMARTS) is 1. The molecule has 2 aliphatic rings. The molecular formula is C20H28N4O4S. The van der Waals surface area contributed by atoms with E-state index in [1.165, 1.54) is 4.88 Å². The van der Waals surface area contributed by atoms with E-state index in [2.05, 4.69) is 16.8 Å². The number of aryl methyl sites for hydroxylation is 2. The van der Waals surface area contributed by atoms with Crippen molar-refractivity contribution in [3.63, 3.8) is 0 Å². The lowest BCUT2D eigenvalue weighted by molar-refractivity contribution is -0.134. The maximum absolute atomic E-state index is 12.7. The Kier molecular flexibility index (Phi) is 7.05. The molecule has 0 unspecified atom stereocenters. The Morgan fingerprint density at radius 2 is 2.10 bits per heavy atom. The number of morpholine rings is 1. The number of thiazole rings is 1. The molecule has 9 heteroatoms. The van der Waals surface area contributed by atoms with Crippen molar-refractivity contribution in [2.24, 2.45) is 7.05 Å². The zero-order chi connectivity index (χ0) is 20.9. The van der Waals surface area contributed by atoms with Crippen molar-refractivity contribution in [1.82, 2.24) is 19.4 Å². The number of piperidine rings is 1. The molecule has 1 N–H and O–H groups in total. The first-order valence-electron chi connectivity index (χ1n) is 9.72. The molecule has 4 rings (SSSR count). The van der Waals surface area contributed by atoms with E-state index >= 15 is 0 Å². The predicted molar refractivity (Wildman–Crippen MR) is 110 cm³/mol. The summed E-state index contributed by atoms with van der Waals surface area (Å²) in [5.74, 6) is 0.125. The van der Waals surface area contributed by atoms with Crippen LogP contribution in [0.3, 0.4) is 0 Å². The molecule has 2 aliphatic heterocycles. The van der Waals surface area contributed by atoms with E-state index < -0.39 is 0 Å². The average molecular weight is 421 g/mol. The van der Waals surface area contributed by atoms with Crippen molar-refractivity contribution in [1.29, 1.82) is 0 Å². The molecule has 2 fully saturated rings. The van der Waals surface area contributed by atoms with Crippen molar-refractivity contribution in [2.75, 3.05) is 32.8 Å². The highest BCUT2D eigenvalue weighted by Crippen LogP contribution is 2.31. The second-order valence-electron chi connectivity index (χ2n) is 7.51. The molecule has 1 amide bonds. The summed E-state index contributed by atoms with van der Waals surface area (Å²) in [6, 6.07) is 3.81. The van der Waals surface area contributed by atoms with Crippen LogP contribution >= 0.6 is 11.3 Å². The van der Waals surface area contributed by atoms with Gasteiger partial charge in [0.1, 0.15) is 5.69 Å². The molecule has 4 heterocycles. The molecule has 2 aromatic heterocycles. The average Bonchev–Trinajstić information content (AvgIpc) is 3.31. The first-order valence-corrected chi connectivity index (χ1v) is 10.6. The third-order valence-electron chi connectivity index (χ3n) is 5.66. The van der Waals surface area contributed by atoms with Gasteiger partial charge in [0.2, 0.25) is 0 Å². The summed E-state index contributed by atoms with van der Waals surface area (Å²) in [4.78, 5) is 31.2. The Bertz CT molecular complexity index is 826. The van der Waals surface area contributed by atoms with Crippen LogP contribution in [0.5, 0.6) is 0 Å². The van der Waals surface area contributed by atoms with Gasteiger partial charge in [-0.15, -0.1) is 11.3 Å². The predicted octanol–water partition coefficient (Wildman–Crippen LogP) is 2.00. The molecule has 29 heavy (non-hydrogen) atoms. The number of rotatable bonds is 3. The number of carbonyl (C=O) groups is 2. The maximum atomic E-state index is 12.7. The number of amides is 1. The summed E-state index contributed by atoms with van der Waals surface area (Å²) in [5.41, 5.74) is 3.71. The third kappa shape index (κ3) is 5.04. The summed E-state index contributed by atoms with van der Waals surface area (Å²) in [5, 5.41) is 6.89. The highest BCUT2D eigenvalue weighted by atomic mass is 32.1. The quantitative estimate of drug-likeness (QED) is 0.764.